The van der Waals surface area contributed by atoms with E-state index in [-0.39, 0.29) is 30.1 Å². The lowest BCUT2D eigenvalue weighted by Crippen LogP contribution is -2.64. The Morgan fingerprint density at radius 3 is 2.52 bits per heavy atom. The molecule has 5 heteroatoms. The predicted molar refractivity (Wildman–Crippen MR) is 77.8 cm³/mol. The summed E-state index contributed by atoms with van der Waals surface area (Å²) < 4.78 is 13.8. The van der Waals surface area contributed by atoms with E-state index in [0.29, 0.717) is 12.0 Å². The molecule has 0 aliphatic carbocycles. The molecule has 1 heterocycles. The maximum atomic E-state index is 13.8. The maximum absolute atomic E-state index is 13.8. The number of nitrogens with one attached hydrogen (secondary N) is 1. The number of rotatable bonds is 4. The van der Waals surface area contributed by atoms with Gasteiger partial charge < -0.3 is 10.2 Å². The molecule has 1 N–H and O–H groups in total. The molecule has 2 unspecified atom stereocenters. The Balaban J connectivity index is 2.30. The van der Waals surface area contributed by atoms with Crippen LogP contribution in [0.5, 0.6) is 0 Å². The molecule has 1 saturated heterocycles. The fourth-order valence-electron chi connectivity index (χ4n) is 2.64. The van der Waals surface area contributed by atoms with Crippen LogP contribution in [0.4, 0.5) is 4.39 Å². The van der Waals surface area contributed by atoms with E-state index in [9.17, 15) is 14.0 Å². The molecule has 0 radical (unpaired) electrons. The molecule has 1 aromatic rings. The summed E-state index contributed by atoms with van der Waals surface area (Å²) >= 11 is 0. The van der Waals surface area contributed by atoms with Crippen molar-refractivity contribution in [1.29, 1.82) is 0 Å². The smallest absolute Gasteiger partial charge is 0.246 e. The predicted octanol–water partition coefficient (Wildman–Crippen LogP) is 2.09. The van der Waals surface area contributed by atoms with Gasteiger partial charge in [-0.3, -0.25) is 9.59 Å². The summed E-state index contributed by atoms with van der Waals surface area (Å²) in [5.41, 5.74) is 0.432. The van der Waals surface area contributed by atoms with E-state index >= 15 is 0 Å². The molecule has 1 aromatic carbocycles. The zero-order valence-electron chi connectivity index (χ0n) is 12.6. The van der Waals surface area contributed by atoms with Gasteiger partial charge in [0.15, 0.2) is 0 Å². The van der Waals surface area contributed by atoms with Crippen LogP contribution in [0.3, 0.4) is 0 Å². The standard InChI is InChI=1S/C16H21FN2O2/c1-4-13-15(20)18-14(10(2)3)16(21)19(13)9-11-7-5-6-8-12(11)17/h5-8,10,13-14H,4,9H2,1-3H3,(H,18,20). The molecule has 2 amide bonds. The van der Waals surface area contributed by atoms with Crippen LogP contribution in [0.25, 0.3) is 0 Å². The van der Waals surface area contributed by atoms with Gasteiger partial charge in [-0.05, 0) is 18.4 Å². The molecule has 1 fully saturated rings. The van der Waals surface area contributed by atoms with Gasteiger partial charge in [0.25, 0.3) is 0 Å². The van der Waals surface area contributed by atoms with Crippen molar-refractivity contribution in [3.63, 3.8) is 0 Å². The Kier molecular flexibility index (Phi) is 4.60. The first-order valence-electron chi connectivity index (χ1n) is 7.30. The zero-order chi connectivity index (χ0) is 15.6. The second-order valence-corrected chi connectivity index (χ2v) is 5.71. The monoisotopic (exact) mass is 292 g/mol. The van der Waals surface area contributed by atoms with Crippen LogP contribution in [0.15, 0.2) is 24.3 Å². The van der Waals surface area contributed by atoms with Crippen molar-refractivity contribution in [3.05, 3.63) is 35.6 Å². The second-order valence-electron chi connectivity index (χ2n) is 5.71. The lowest BCUT2D eigenvalue weighted by atomic mass is 9.96. The lowest BCUT2D eigenvalue weighted by molar-refractivity contribution is -0.151. The number of halogens is 1. The molecular weight excluding hydrogens is 271 g/mol. The topological polar surface area (TPSA) is 49.4 Å². The third-order valence-electron chi connectivity index (χ3n) is 3.88. The van der Waals surface area contributed by atoms with E-state index in [2.05, 4.69) is 5.32 Å². The van der Waals surface area contributed by atoms with Crippen LogP contribution in [0, 0.1) is 11.7 Å². The van der Waals surface area contributed by atoms with E-state index in [4.69, 9.17) is 0 Å². The van der Waals surface area contributed by atoms with Crippen molar-refractivity contribution in [2.75, 3.05) is 0 Å². The minimum Gasteiger partial charge on any atom is -0.342 e. The number of piperazine rings is 1. The van der Waals surface area contributed by atoms with Crippen molar-refractivity contribution >= 4 is 11.8 Å². The molecule has 4 nitrogen and oxygen atoms in total. The van der Waals surface area contributed by atoms with Gasteiger partial charge in [-0.2, -0.15) is 0 Å². The van der Waals surface area contributed by atoms with Gasteiger partial charge in [0.1, 0.15) is 17.9 Å². The molecule has 2 atom stereocenters. The van der Waals surface area contributed by atoms with Gasteiger partial charge in [0.05, 0.1) is 0 Å². The number of carbonyl (C=O) groups excluding carboxylic acids is 2. The summed E-state index contributed by atoms with van der Waals surface area (Å²) in [4.78, 5) is 26.3. The van der Waals surface area contributed by atoms with Gasteiger partial charge in [0, 0.05) is 12.1 Å². The number of nitrogens with zero attached hydrogens (tertiary/aromatic N) is 1. The van der Waals surface area contributed by atoms with Crippen LogP contribution in [-0.4, -0.2) is 28.8 Å². The molecule has 0 saturated carbocycles. The third-order valence-corrected chi connectivity index (χ3v) is 3.88. The molecular formula is C16H21FN2O2. The van der Waals surface area contributed by atoms with Crippen molar-refractivity contribution in [3.8, 4) is 0 Å². The van der Waals surface area contributed by atoms with Gasteiger partial charge >= 0.3 is 0 Å². The van der Waals surface area contributed by atoms with E-state index in [1.807, 2.05) is 20.8 Å². The maximum Gasteiger partial charge on any atom is 0.246 e. The van der Waals surface area contributed by atoms with Crippen molar-refractivity contribution in [1.82, 2.24) is 10.2 Å². The lowest BCUT2D eigenvalue weighted by Gasteiger charge is -2.40. The number of carbonyl (C=O) groups is 2. The molecule has 1 aliphatic rings. The molecule has 2 rings (SSSR count). The highest BCUT2D eigenvalue weighted by molar-refractivity contribution is 5.97. The summed E-state index contributed by atoms with van der Waals surface area (Å²) in [5, 5.41) is 2.77. The largest absolute Gasteiger partial charge is 0.342 e. The fourth-order valence-corrected chi connectivity index (χ4v) is 2.64. The zero-order valence-corrected chi connectivity index (χ0v) is 12.6. The summed E-state index contributed by atoms with van der Waals surface area (Å²) in [5.74, 6) is -0.651. The van der Waals surface area contributed by atoms with Gasteiger partial charge in [-0.25, -0.2) is 4.39 Å². The van der Waals surface area contributed by atoms with Crippen LogP contribution in [0.1, 0.15) is 32.8 Å². The number of amides is 2. The first-order chi connectivity index (χ1) is 9.95. The average Bonchev–Trinajstić information content (AvgIpc) is 2.44. The first-order valence-corrected chi connectivity index (χ1v) is 7.30. The van der Waals surface area contributed by atoms with E-state index in [0.717, 1.165) is 0 Å². The number of hydrogen-bond donors (Lipinski definition) is 1. The molecule has 1 aliphatic heterocycles. The molecule has 0 bridgehead atoms. The van der Waals surface area contributed by atoms with Gasteiger partial charge in [-0.1, -0.05) is 39.0 Å². The number of benzene rings is 1. The Morgan fingerprint density at radius 1 is 1.29 bits per heavy atom. The molecule has 0 aromatic heterocycles. The van der Waals surface area contributed by atoms with Crippen LogP contribution in [0.2, 0.25) is 0 Å². The molecule has 114 valence electrons. The summed E-state index contributed by atoms with van der Waals surface area (Å²) in [6.07, 6.45) is 0.511. The Bertz CT molecular complexity index is 545. The van der Waals surface area contributed by atoms with E-state index in [1.54, 1.807) is 18.2 Å². The highest BCUT2D eigenvalue weighted by atomic mass is 19.1. The third kappa shape index (κ3) is 3.06. The minimum atomic E-state index is -0.535. The van der Waals surface area contributed by atoms with Gasteiger partial charge in [0.2, 0.25) is 11.8 Å². The Labute approximate surface area is 124 Å². The van der Waals surface area contributed by atoms with Crippen LogP contribution >= 0.6 is 0 Å². The highest BCUT2D eigenvalue weighted by Gasteiger charge is 2.40. The van der Waals surface area contributed by atoms with E-state index < -0.39 is 12.1 Å². The summed E-state index contributed by atoms with van der Waals surface area (Å²) in [6.45, 7) is 5.75. The SMILES string of the molecule is CCC1C(=O)NC(C(C)C)C(=O)N1Cc1ccccc1F. The summed E-state index contributed by atoms with van der Waals surface area (Å²) in [6, 6.07) is 5.28. The molecule has 0 spiro atoms. The number of hydrogen-bond acceptors (Lipinski definition) is 2. The first kappa shape index (κ1) is 15.5. The minimum absolute atomic E-state index is 0.00220. The van der Waals surface area contributed by atoms with Crippen molar-refractivity contribution in [2.24, 2.45) is 5.92 Å². The summed E-state index contributed by atoms with van der Waals surface area (Å²) in [7, 11) is 0. The Hall–Kier alpha value is -1.91. The van der Waals surface area contributed by atoms with Crippen molar-refractivity contribution in [2.45, 2.75) is 45.8 Å². The average molecular weight is 292 g/mol. The van der Waals surface area contributed by atoms with Gasteiger partial charge in [-0.15, -0.1) is 0 Å². The Morgan fingerprint density at radius 2 is 1.95 bits per heavy atom. The van der Waals surface area contributed by atoms with Crippen molar-refractivity contribution < 1.29 is 14.0 Å². The normalized spacial score (nSPS) is 22.6. The highest BCUT2D eigenvalue weighted by Crippen LogP contribution is 2.21. The fraction of sp³-hybridized carbons (Fsp3) is 0.500. The van der Waals surface area contributed by atoms with Crippen LogP contribution < -0.4 is 5.32 Å². The van der Waals surface area contributed by atoms with E-state index in [1.165, 1.54) is 11.0 Å². The van der Waals surface area contributed by atoms with Crippen LogP contribution in [-0.2, 0) is 16.1 Å². The second kappa shape index (κ2) is 6.24. The molecule has 21 heavy (non-hydrogen) atoms. The quantitative estimate of drug-likeness (QED) is 0.924.